The van der Waals surface area contributed by atoms with Crippen LogP contribution in [0.25, 0.3) is 0 Å². The molecule has 0 spiro atoms. The first kappa shape index (κ1) is 11.3. The predicted octanol–water partition coefficient (Wildman–Crippen LogP) is 3.38. The molecule has 0 aliphatic rings. The number of nitrogens with zero attached hydrogens (tertiary/aromatic N) is 2. The number of ether oxygens (including phenoxy) is 1. The second-order valence-electron chi connectivity index (χ2n) is 2.94. The van der Waals surface area contributed by atoms with Gasteiger partial charge in [-0.2, -0.15) is 0 Å². The van der Waals surface area contributed by atoms with Gasteiger partial charge in [0.15, 0.2) is 0 Å². The van der Waals surface area contributed by atoms with Crippen molar-refractivity contribution in [1.82, 2.24) is 9.97 Å². The molecule has 1 aromatic heterocycles. The summed E-state index contributed by atoms with van der Waals surface area (Å²) in [5.74, 6) is 1.06. The lowest BCUT2D eigenvalue weighted by molar-refractivity contribution is 0.455. The molecular weight excluding hydrogens is 338 g/mol. The largest absolute Gasteiger partial charge is 0.436 e. The summed E-state index contributed by atoms with van der Waals surface area (Å²) in [6, 6.07) is 5.39. The predicted molar refractivity (Wildman–Crippen MR) is 68.4 cm³/mol. The van der Waals surface area contributed by atoms with E-state index in [9.17, 15) is 0 Å². The van der Waals surface area contributed by atoms with E-state index in [1.54, 1.807) is 18.3 Å². The molecule has 0 unspecified atom stereocenters. The summed E-state index contributed by atoms with van der Waals surface area (Å²) in [5, 5.41) is 0. The molecule has 82 valence electrons. The summed E-state index contributed by atoms with van der Waals surface area (Å²) >= 11 is 6.65. The van der Waals surface area contributed by atoms with Gasteiger partial charge in [0.2, 0.25) is 5.88 Å². The van der Waals surface area contributed by atoms with Gasteiger partial charge in [-0.05, 0) is 44.0 Å². The highest BCUT2D eigenvalue weighted by molar-refractivity contribution is 9.11. The lowest BCUT2D eigenvalue weighted by atomic mass is 10.3. The van der Waals surface area contributed by atoms with Crippen LogP contribution < -0.4 is 10.5 Å². The smallest absolute Gasteiger partial charge is 0.236 e. The summed E-state index contributed by atoms with van der Waals surface area (Å²) in [6.45, 7) is 0. The van der Waals surface area contributed by atoms with Gasteiger partial charge in [-0.15, -0.1) is 0 Å². The van der Waals surface area contributed by atoms with Crippen molar-refractivity contribution < 1.29 is 4.74 Å². The van der Waals surface area contributed by atoms with Gasteiger partial charge in [0.05, 0.1) is 8.95 Å². The Balaban J connectivity index is 2.35. The number of halogens is 2. The molecule has 2 aromatic rings. The standard InChI is InChI=1S/C10H7Br2N3O/c11-6-4-14-5-15-10(6)16-8-3-1-2-7(13)9(8)12/h1-5H,13H2. The number of anilines is 1. The Hall–Kier alpha value is -1.14. The molecular formula is C10H7Br2N3O. The third-order valence-electron chi connectivity index (χ3n) is 1.83. The van der Waals surface area contributed by atoms with Crippen molar-refractivity contribution >= 4 is 37.5 Å². The Morgan fingerprint density at radius 3 is 2.81 bits per heavy atom. The summed E-state index contributed by atoms with van der Waals surface area (Å²) in [7, 11) is 0. The number of aromatic nitrogens is 2. The second kappa shape index (κ2) is 4.80. The Bertz CT molecular complexity index is 519. The monoisotopic (exact) mass is 343 g/mol. The number of nitrogens with two attached hydrogens (primary N) is 1. The van der Waals surface area contributed by atoms with Crippen LogP contribution in [0.3, 0.4) is 0 Å². The third-order valence-corrected chi connectivity index (χ3v) is 3.23. The first-order chi connectivity index (χ1) is 7.68. The van der Waals surface area contributed by atoms with E-state index in [-0.39, 0.29) is 0 Å². The Kier molecular flexibility index (Phi) is 3.40. The van der Waals surface area contributed by atoms with Gasteiger partial charge in [-0.25, -0.2) is 9.97 Å². The molecule has 1 heterocycles. The van der Waals surface area contributed by atoms with Crippen molar-refractivity contribution in [1.29, 1.82) is 0 Å². The van der Waals surface area contributed by atoms with Crippen molar-refractivity contribution in [2.75, 3.05) is 5.73 Å². The van der Waals surface area contributed by atoms with Gasteiger partial charge in [0, 0.05) is 11.9 Å². The quantitative estimate of drug-likeness (QED) is 0.848. The summed E-state index contributed by atoms with van der Waals surface area (Å²) < 4.78 is 6.99. The highest BCUT2D eigenvalue weighted by Crippen LogP contribution is 2.34. The zero-order chi connectivity index (χ0) is 11.5. The fraction of sp³-hybridized carbons (Fsp3) is 0. The van der Waals surface area contributed by atoms with Crippen LogP contribution in [0.4, 0.5) is 5.69 Å². The molecule has 0 saturated carbocycles. The minimum atomic E-state index is 0.446. The lowest BCUT2D eigenvalue weighted by Crippen LogP contribution is -1.93. The Labute approximate surface area is 109 Å². The molecule has 0 atom stereocenters. The molecule has 2 rings (SSSR count). The summed E-state index contributed by atoms with van der Waals surface area (Å²) in [5.41, 5.74) is 6.35. The molecule has 0 aliphatic heterocycles. The van der Waals surface area contributed by atoms with E-state index in [0.29, 0.717) is 26.3 Å². The molecule has 4 nitrogen and oxygen atoms in total. The molecule has 2 N–H and O–H groups in total. The van der Waals surface area contributed by atoms with Crippen molar-refractivity contribution in [3.05, 3.63) is 39.7 Å². The first-order valence-corrected chi connectivity index (χ1v) is 5.94. The van der Waals surface area contributed by atoms with E-state index < -0.39 is 0 Å². The maximum absolute atomic E-state index is 5.74. The number of rotatable bonds is 2. The Morgan fingerprint density at radius 1 is 1.25 bits per heavy atom. The van der Waals surface area contributed by atoms with E-state index in [1.807, 2.05) is 6.07 Å². The molecule has 16 heavy (non-hydrogen) atoms. The third kappa shape index (κ3) is 2.33. The average molecular weight is 345 g/mol. The second-order valence-corrected chi connectivity index (χ2v) is 4.58. The average Bonchev–Trinajstić information content (AvgIpc) is 2.28. The van der Waals surface area contributed by atoms with Crippen LogP contribution in [0, 0.1) is 0 Å². The molecule has 0 fully saturated rings. The van der Waals surface area contributed by atoms with E-state index in [1.165, 1.54) is 6.33 Å². The van der Waals surface area contributed by atoms with E-state index in [4.69, 9.17) is 10.5 Å². The lowest BCUT2D eigenvalue weighted by Gasteiger charge is -2.08. The maximum atomic E-state index is 5.74. The molecule has 0 amide bonds. The van der Waals surface area contributed by atoms with Gasteiger partial charge in [0.1, 0.15) is 12.1 Å². The molecule has 0 saturated heterocycles. The van der Waals surface area contributed by atoms with E-state index in [0.717, 1.165) is 0 Å². The van der Waals surface area contributed by atoms with Crippen LogP contribution in [0.5, 0.6) is 11.6 Å². The maximum Gasteiger partial charge on any atom is 0.236 e. The number of nitrogen functional groups attached to an aromatic ring is 1. The number of benzene rings is 1. The molecule has 6 heteroatoms. The van der Waals surface area contributed by atoms with Gasteiger partial charge in [-0.1, -0.05) is 6.07 Å². The SMILES string of the molecule is Nc1cccc(Oc2ncncc2Br)c1Br. The fourth-order valence-corrected chi connectivity index (χ4v) is 1.73. The van der Waals surface area contributed by atoms with Gasteiger partial charge in [-0.3, -0.25) is 0 Å². The van der Waals surface area contributed by atoms with Gasteiger partial charge in [0.25, 0.3) is 0 Å². The Morgan fingerprint density at radius 2 is 2.06 bits per heavy atom. The zero-order valence-corrected chi connectivity index (χ0v) is 11.2. The zero-order valence-electron chi connectivity index (χ0n) is 8.02. The first-order valence-electron chi connectivity index (χ1n) is 4.36. The van der Waals surface area contributed by atoms with Crippen LogP contribution in [0.15, 0.2) is 39.7 Å². The van der Waals surface area contributed by atoms with Crippen LogP contribution >= 0.6 is 31.9 Å². The minimum Gasteiger partial charge on any atom is -0.436 e. The fourth-order valence-electron chi connectivity index (χ4n) is 1.09. The normalized spacial score (nSPS) is 10.1. The molecule has 0 bridgehead atoms. The van der Waals surface area contributed by atoms with Crippen LogP contribution in [0.1, 0.15) is 0 Å². The molecule has 0 radical (unpaired) electrons. The minimum absolute atomic E-state index is 0.446. The highest BCUT2D eigenvalue weighted by atomic mass is 79.9. The molecule has 1 aromatic carbocycles. The van der Waals surface area contributed by atoms with Crippen molar-refractivity contribution in [2.24, 2.45) is 0 Å². The van der Waals surface area contributed by atoms with Crippen LogP contribution in [-0.4, -0.2) is 9.97 Å². The number of hydrogen-bond donors (Lipinski definition) is 1. The van der Waals surface area contributed by atoms with Crippen molar-refractivity contribution in [2.45, 2.75) is 0 Å². The van der Waals surface area contributed by atoms with Crippen LogP contribution in [0.2, 0.25) is 0 Å². The van der Waals surface area contributed by atoms with Crippen molar-refractivity contribution in [3.8, 4) is 11.6 Å². The number of hydrogen-bond acceptors (Lipinski definition) is 4. The topological polar surface area (TPSA) is 61.0 Å². The van der Waals surface area contributed by atoms with Crippen molar-refractivity contribution in [3.63, 3.8) is 0 Å². The van der Waals surface area contributed by atoms with E-state index in [2.05, 4.69) is 41.8 Å². The van der Waals surface area contributed by atoms with Gasteiger partial charge >= 0.3 is 0 Å². The highest BCUT2D eigenvalue weighted by Gasteiger charge is 2.08. The summed E-state index contributed by atoms with van der Waals surface area (Å²) in [6.07, 6.45) is 3.03. The van der Waals surface area contributed by atoms with Crippen LogP contribution in [-0.2, 0) is 0 Å². The molecule has 0 aliphatic carbocycles. The van der Waals surface area contributed by atoms with Gasteiger partial charge < -0.3 is 10.5 Å². The van der Waals surface area contributed by atoms with E-state index >= 15 is 0 Å². The summed E-state index contributed by atoms with van der Waals surface area (Å²) in [4.78, 5) is 7.85.